The van der Waals surface area contributed by atoms with Crippen molar-refractivity contribution in [3.05, 3.63) is 59.7 Å². The lowest BCUT2D eigenvalue weighted by atomic mass is 10.1. The molecule has 0 saturated carbocycles. The van der Waals surface area contributed by atoms with Gasteiger partial charge in [0.05, 0.1) is 25.4 Å². The molecule has 2 heterocycles. The molecule has 1 aromatic carbocycles. The molecule has 2 N–H and O–H groups in total. The predicted molar refractivity (Wildman–Crippen MR) is 129 cm³/mol. The number of aliphatic imine (C=N–C) groups is 1. The summed E-state index contributed by atoms with van der Waals surface area (Å²) in [5, 5.41) is 6.67. The highest BCUT2D eigenvalue weighted by atomic mass is 127. The highest BCUT2D eigenvalue weighted by Crippen LogP contribution is 2.26. The Bertz CT molecular complexity index is 796. The van der Waals surface area contributed by atoms with Crippen LogP contribution in [0, 0.1) is 5.82 Å². The summed E-state index contributed by atoms with van der Waals surface area (Å²) in [6.07, 6.45) is 4.03. The lowest BCUT2D eigenvalue weighted by Gasteiger charge is -2.29. The van der Waals surface area contributed by atoms with E-state index in [0.717, 1.165) is 25.4 Å². The number of hydrogen-bond donors (Lipinski definition) is 2. The third kappa shape index (κ3) is 6.80. The first-order valence-electron chi connectivity index (χ1n) is 10.2. The SMILES string of the molecule is CCNC(=NCc1ncccc1F)NCC(c1ccc(OC)cc1)N1CCCC1.I. The van der Waals surface area contributed by atoms with E-state index in [1.54, 1.807) is 19.4 Å². The van der Waals surface area contributed by atoms with E-state index in [-0.39, 0.29) is 42.4 Å². The topological polar surface area (TPSA) is 61.8 Å². The molecule has 1 saturated heterocycles. The standard InChI is InChI=1S/C22H30FN5O.HI/c1-3-24-22(26-15-20-19(23)7-6-12-25-20)27-16-21(28-13-4-5-14-28)17-8-10-18(29-2)11-9-17;/h6-12,21H,3-5,13-16H2,1-2H3,(H2,24,26,27);1H. The molecule has 0 spiro atoms. The number of pyridine rings is 1. The van der Waals surface area contributed by atoms with Crippen molar-refractivity contribution in [1.29, 1.82) is 0 Å². The Kier molecular flexibility index (Phi) is 10.3. The molecular weight excluding hydrogens is 496 g/mol. The first kappa shape index (κ1) is 24.3. The minimum Gasteiger partial charge on any atom is -0.497 e. The fraction of sp³-hybridized carbons (Fsp3) is 0.455. The monoisotopic (exact) mass is 527 g/mol. The normalized spacial score (nSPS) is 15.4. The summed E-state index contributed by atoms with van der Waals surface area (Å²) in [4.78, 5) is 11.1. The van der Waals surface area contributed by atoms with Crippen LogP contribution in [0.3, 0.4) is 0 Å². The van der Waals surface area contributed by atoms with Gasteiger partial charge in [-0.1, -0.05) is 12.1 Å². The van der Waals surface area contributed by atoms with Gasteiger partial charge in [0.15, 0.2) is 5.96 Å². The van der Waals surface area contributed by atoms with E-state index in [2.05, 4.69) is 37.6 Å². The van der Waals surface area contributed by atoms with Crippen molar-refractivity contribution in [1.82, 2.24) is 20.5 Å². The molecule has 1 aliphatic heterocycles. The Morgan fingerprint density at radius 2 is 1.93 bits per heavy atom. The molecule has 8 heteroatoms. The van der Waals surface area contributed by atoms with Crippen molar-refractivity contribution >= 4 is 29.9 Å². The average molecular weight is 527 g/mol. The molecule has 30 heavy (non-hydrogen) atoms. The second-order valence-electron chi connectivity index (χ2n) is 7.04. The minimum atomic E-state index is -0.333. The van der Waals surface area contributed by atoms with Crippen LogP contribution in [0.5, 0.6) is 5.75 Å². The summed E-state index contributed by atoms with van der Waals surface area (Å²) < 4.78 is 19.1. The third-order valence-corrected chi connectivity index (χ3v) is 5.11. The van der Waals surface area contributed by atoms with Crippen molar-refractivity contribution in [2.75, 3.05) is 33.3 Å². The van der Waals surface area contributed by atoms with Crippen molar-refractivity contribution < 1.29 is 9.13 Å². The van der Waals surface area contributed by atoms with Crippen LogP contribution < -0.4 is 15.4 Å². The fourth-order valence-electron chi connectivity index (χ4n) is 3.56. The number of nitrogens with zero attached hydrogens (tertiary/aromatic N) is 3. The van der Waals surface area contributed by atoms with Crippen LogP contribution in [0.1, 0.15) is 37.1 Å². The van der Waals surface area contributed by atoms with E-state index in [1.807, 2.05) is 19.1 Å². The van der Waals surface area contributed by atoms with Gasteiger partial charge in [0, 0.05) is 19.3 Å². The zero-order valence-electron chi connectivity index (χ0n) is 17.6. The van der Waals surface area contributed by atoms with Gasteiger partial charge in [0.2, 0.25) is 0 Å². The zero-order valence-corrected chi connectivity index (χ0v) is 19.9. The molecule has 6 nitrogen and oxygen atoms in total. The number of ether oxygens (including phenoxy) is 1. The number of likely N-dealkylation sites (tertiary alicyclic amines) is 1. The summed E-state index contributed by atoms with van der Waals surface area (Å²) in [6, 6.07) is 11.5. The maximum atomic E-state index is 13.8. The second-order valence-corrected chi connectivity index (χ2v) is 7.04. The van der Waals surface area contributed by atoms with Gasteiger partial charge in [-0.25, -0.2) is 9.38 Å². The van der Waals surface area contributed by atoms with Crippen LogP contribution in [0.4, 0.5) is 4.39 Å². The van der Waals surface area contributed by atoms with Crippen molar-refractivity contribution in [2.24, 2.45) is 4.99 Å². The number of rotatable bonds is 8. The number of aromatic nitrogens is 1. The summed E-state index contributed by atoms with van der Waals surface area (Å²) >= 11 is 0. The van der Waals surface area contributed by atoms with Crippen LogP contribution in [0.15, 0.2) is 47.6 Å². The Morgan fingerprint density at radius 3 is 2.57 bits per heavy atom. The molecule has 1 atom stereocenters. The molecule has 1 aliphatic rings. The van der Waals surface area contributed by atoms with E-state index in [0.29, 0.717) is 18.2 Å². The Hall–Kier alpha value is -1.94. The number of nitrogens with one attached hydrogen (secondary N) is 2. The highest BCUT2D eigenvalue weighted by Gasteiger charge is 2.23. The van der Waals surface area contributed by atoms with Gasteiger partial charge in [-0.15, -0.1) is 24.0 Å². The highest BCUT2D eigenvalue weighted by molar-refractivity contribution is 14.0. The third-order valence-electron chi connectivity index (χ3n) is 5.11. The smallest absolute Gasteiger partial charge is 0.191 e. The van der Waals surface area contributed by atoms with Crippen molar-refractivity contribution in [3.8, 4) is 5.75 Å². The lowest BCUT2D eigenvalue weighted by molar-refractivity contribution is 0.245. The van der Waals surface area contributed by atoms with Gasteiger partial charge in [0.25, 0.3) is 0 Å². The first-order valence-corrected chi connectivity index (χ1v) is 10.2. The van der Waals surface area contributed by atoms with E-state index in [9.17, 15) is 4.39 Å². The molecular formula is C22H31FIN5O. The molecule has 2 aromatic rings. The predicted octanol–water partition coefficient (Wildman–Crippen LogP) is 3.74. The van der Waals surface area contributed by atoms with Crippen LogP contribution >= 0.6 is 24.0 Å². The maximum absolute atomic E-state index is 13.8. The van der Waals surface area contributed by atoms with Crippen LogP contribution in [0.25, 0.3) is 0 Å². The Balaban J connectivity index is 0.00000320. The van der Waals surface area contributed by atoms with Crippen LogP contribution in [0.2, 0.25) is 0 Å². The number of hydrogen-bond acceptors (Lipinski definition) is 4. The quantitative estimate of drug-likeness (QED) is 0.311. The van der Waals surface area contributed by atoms with E-state index >= 15 is 0 Å². The van der Waals surface area contributed by atoms with Gasteiger partial charge < -0.3 is 15.4 Å². The fourth-order valence-corrected chi connectivity index (χ4v) is 3.56. The summed E-state index contributed by atoms with van der Waals surface area (Å²) in [5.74, 6) is 1.18. The molecule has 164 valence electrons. The number of halogens is 2. The second kappa shape index (κ2) is 12.7. The summed E-state index contributed by atoms with van der Waals surface area (Å²) in [5.41, 5.74) is 1.59. The molecule has 0 bridgehead atoms. The first-order chi connectivity index (χ1) is 14.2. The number of guanidine groups is 1. The molecule has 0 aliphatic carbocycles. The van der Waals surface area contributed by atoms with Crippen LogP contribution in [-0.4, -0.2) is 49.1 Å². The van der Waals surface area contributed by atoms with E-state index < -0.39 is 0 Å². The molecule has 0 radical (unpaired) electrons. The largest absolute Gasteiger partial charge is 0.497 e. The number of methoxy groups -OCH3 is 1. The van der Waals surface area contributed by atoms with E-state index in [4.69, 9.17) is 4.74 Å². The van der Waals surface area contributed by atoms with Gasteiger partial charge in [-0.05, 0) is 62.7 Å². The van der Waals surface area contributed by atoms with Crippen LogP contribution in [-0.2, 0) is 6.54 Å². The van der Waals surface area contributed by atoms with Gasteiger partial charge in [-0.2, -0.15) is 0 Å². The Morgan fingerprint density at radius 1 is 1.20 bits per heavy atom. The van der Waals surface area contributed by atoms with Gasteiger partial charge in [0.1, 0.15) is 11.6 Å². The molecule has 1 fully saturated rings. The van der Waals surface area contributed by atoms with Gasteiger partial charge in [-0.3, -0.25) is 9.88 Å². The average Bonchev–Trinajstić information content (AvgIpc) is 3.28. The minimum absolute atomic E-state index is 0. The molecule has 3 rings (SSSR count). The summed E-state index contributed by atoms with van der Waals surface area (Å²) in [6.45, 7) is 5.83. The summed E-state index contributed by atoms with van der Waals surface area (Å²) in [7, 11) is 1.68. The molecule has 0 amide bonds. The lowest BCUT2D eigenvalue weighted by Crippen LogP contribution is -2.42. The van der Waals surface area contributed by atoms with E-state index in [1.165, 1.54) is 24.5 Å². The van der Waals surface area contributed by atoms with Crippen molar-refractivity contribution in [2.45, 2.75) is 32.4 Å². The maximum Gasteiger partial charge on any atom is 0.191 e. The molecule has 1 aromatic heterocycles. The zero-order chi connectivity index (χ0) is 20.5. The Labute approximate surface area is 195 Å². The molecule has 1 unspecified atom stereocenters. The van der Waals surface area contributed by atoms with Gasteiger partial charge >= 0.3 is 0 Å². The van der Waals surface area contributed by atoms with Crippen molar-refractivity contribution in [3.63, 3.8) is 0 Å². The number of benzene rings is 1.